The summed E-state index contributed by atoms with van der Waals surface area (Å²) in [5.74, 6) is 0.176. The van der Waals surface area contributed by atoms with Gasteiger partial charge in [-0.25, -0.2) is 14.6 Å². The van der Waals surface area contributed by atoms with Gasteiger partial charge in [-0.05, 0) is 17.5 Å². The van der Waals surface area contributed by atoms with Gasteiger partial charge in [-0.1, -0.05) is 17.7 Å². The van der Waals surface area contributed by atoms with Crippen LogP contribution in [0.3, 0.4) is 0 Å². The zero-order chi connectivity index (χ0) is 21.8. The van der Waals surface area contributed by atoms with Gasteiger partial charge in [0, 0.05) is 23.6 Å². The lowest BCUT2D eigenvalue weighted by Crippen LogP contribution is -2.27. The van der Waals surface area contributed by atoms with Crippen LogP contribution < -0.4 is 10.6 Å². The molecule has 0 saturated heterocycles. The van der Waals surface area contributed by atoms with Crippen molar-refractivity contribution in [2.45, 2.75) is 13.1 Å². The highest BCUT2D eigenvalue weighted by atomic mass is 35.5. The number of nitro groups is 1. The predicted molar refractivity (Wildman–Crippen MR) is 117 cm³/mol. The second-order valence-corrected chi connectivity index (χ2v) is 7.88. The fourth-order valence-corrected chi connectivity index (χ4v) is 3.80. The Morgan fingerprint density at radius 3 is 2.94 bits per heavy atom. The Balaban J connectivity index is 1.41. The molecule has 0 atom stereocenters. The zero-order valence-corrected chi connectivity index (χ0v) is 17.6. The number of fused-ring (bicyclic) bond motifs is 1. The lowest BCUT2D eigenvalue weighted by molar-refractivity contribution is -0.384. The van der Waals surface area contributed by atoms with Crippen molar-refractivity contribution < 1.29 is 9.72 Å². The van der Waals surface area contributed by atoms with E-state index in [-0.39, 0.29) is 22.8 Å². The standard InChI is InChI=1S/C19H16ClN7O3S/c20-16-4-3-12(27(29)30)8-14(16)19(28)21-5-6-26-18-15(10-25-26)17(23-11-24-18)22-9-13-2-1-7-31-13/h1-4,7-8,10-11H,5-6,9H2,(H,21,28)(H,22,23,24). The van der Waals surface area contributed by atoms with Crippen LogP contribution in [0.25, 0.3) is 11.0 Å². The molecule has 0 aliphatic heterocycles. The first-order valence-corrected chi connectivity index (χ1v) is 10.4. The number of anilines is 1. The maximum absolute atomic E-state index is 12.4. The van der Waals surface area contributed by atoms with Gasteiger partial charge < -0.3 is 10.6 Å². The van der Waals surface area contributed by atoms with E-state index in [2.05, 4.69) is 25.7 Å². The molecule has 1 amide bonds. The van der Waals surface area contributed by atoms with E-state index in [1.165, 1.54) is 23.3 Å². The largest absolute Gasteiger partial charge is 0.364 e. The average molecular weight is 458 g/mol. The molecule has 0 spiro atoms. The maximum Gasteiger partial charge on any atom is 0.270 e. The van der Waals surface area contributed by atoms with Crippen molar-refractivity contribution in [3.05, 3.63) is 73.8 Å². The molecule has 0 aliphatic carbocycles. The number of carbonyl (C=O) groups excluding carboxylic acids is 1. The Morgan fingerprint density at radius 1 is 1.29 bits per heavy atom. The minimum Gasteiger partial charge on any atom is -0.364 e. The normalized spacial score (nSPS) is 10.9. The monoisotopic (exact) mass is 457 g/mol. The van der Waals surface area contributed by atoms with Gasteiger partial charge in [0.15, 0.2) is 5.65 Å². The predicted octanol–water partition coefficient (Wildman–Crippen LogP) is 3.49. The number of halogens is 1. The Hall–Kier alpha value is -3.57. The molecule has 4 aromatic rings. The van der Waals surface area contributed by atoms with Crippen LogP contribution in [0.15, 0.2) is 48.2 Å². The molecule has 0 radical (unpaired) electrons. The van der Waals surface area contributed by atoms with E-state index in [1.807, 2.05) is 17.5 Å². The summed E-state index contributed by atoms with van der Waals surface area (Å²) in [6.07, 6.45) is 3.13. The summed E-state index contributed by atoms with van der Waals surface area (Å²) >= 11 is 7.67. The Labute approximate surface area is 185 Å². The Morgan fingerprint density at radius 2 is 2.16 bits per heavy atom. The lowest BCUT2D eigenvalue weighted by Gasteiger charge is -2.08. The molecule has 1 aromatic carbocycles. The van der Waals surface area contributed by atoms with Crippen molar-refractivity contribution in [1.29, 1.82) is 0 Å². The summed E-state index contributed by atoms with van der Waals surface area (Å²) in [5, 5.41) is 24.2. The number of hydrogen-bond acceptors (Lipinski definition) is 8. The van der Waals surface area contributed by atoms with E-state index >= 15 is 0 Å². The third-order valence-electron chi connectivity index (χ3n) is 4.46. The number of benzene rings is 1. The first kappa shape index (κ1) is 20.7. The Bertz CT molecular complexity index is 1240. The van der Waals surface area contributed by atoms with E-state index in [9.17, 15) is 14.9 Å². The summed E-state index contributed by atoms with van der Waals surface area (Å²) in [6, 6.07) is 7.76. The summed E-state index contributed by atoms with van der Waals surface area (Å²) in [4.78, 5) is 32.5. The van der Waals surface area contributed by atoms with Gasteiger partial charge in [0.1, 0.15) is 12.1 Å². The number of carbonyl (C=O) groups is 1. The van der Waals surface area contributed by atoms with Crippen LogP contribution in [-0.4, -0.2) is 37.1 Å². The van der Waals surface area contributed by atoms with E-state index in [1.54, 1.807) is 22.2 Å². The van der Waals surface area contributed by atoms with Crippen LogP contribution in [0.1, 0.15) is 15.2 Å². The van der Waals surface area contributed by atoms with Crippen LogP contribution in [0.2, 0.25) is 5.02 Å². The topological polar surface area (TPSA) is 128 Å². The van der Waals surface area contributed by atoms with Crippen molar-refractivity contribution in [2.75, 3.05) is 11.9 Å². The highest BCUT2D eigenvalue weighted by Crippen LogP contribution is 2.22. The first-order chi connectivity index (χ1) is 15.0. The maximum atomic E-state index is 12.4. The van der Waals surface area contributed by atoms with E-state index in [0.717, 1.165) is 11.5 Å². The van der Waals surface area contributed by atoms with Crippen LogP contribution in [0, 0.1) is 10.1 Å². The van der Waals surface area contributed by atoms with Crippen LogP contribution in [0.4, 0.5) is 11.5 Å². The number of nitrogens with zero attached hydrogens (tertiary/aromatic N) is 5. The molecule has 3 aromatic heterocycles. The second-order valence-electron chi connectivity index (χ2n) is 6.44. The van der Waals surface area contributed by atoms with Gasteiger partial charge in [0.05, 0.1) is 40.2 Å². The van der Waals surface area contributed by atoms with Crippen molar-refractivity contribution in [3.63, 3.8) is 0 Å². The van der Waals surface area contributed by atoms with Crippen LogP contribution in [-0.2, 0) is 13.1 Å². The molecular weight excluding hydrogens is 442 g/mol. The SMILES string of the molecule is O=C(NCCn1ncc2c(NCc3cccs3)ncnc21)c1cc([N+](=O)[O-])ccc1Cl. The van der Waals surface area contributed by atoms with Gasteiger partial charge in [0.25, 0.3) is 11.6 Å². The number of amides is 1. The number of nitrogens with one attached hydrogen (secondary N) is 2. The number of aromatic nitrogens is 4. The molecule has 10 nitrogen and oxygen atoms in total. The lowest BCUT2D eigenvalue weighted by atomic mass is 10.2. The molecule has 0 unspecified atom stereocenters. The summed E-state index contributed by atoms with van der Waals surface area (Å²) in [5.41, 5.74) is 0.474. The molecule has 4 rings (SSSR count). The Kier molecular flexibility index (Phi) is 6.05. The van der Waals surface area contributed by atoms with Gasteiger partial charge in [-0.15, -0.1) is 11.3 Å². The molecule has 12 heteroatoms. The summed E-state index contributed by atoms with van der Waals surface area (Å²) in [6.45, 7) is 1.23. The highest BCUT2D eigenvalue weighted by molar-refractivity contribution is 7.09. The van der Waals surface area contributed by atoms with Gasteiger partial charge >= 0.3 is 0 Å². The quantitative estimate of drug-likeness (QED) is 0.306. The highest BCUT2D eigenvalue weighted by Gasteiger charge is 2.16. The fraction of sp³-hybridized carbons (Fsp3) is 0.158. The molecule has 0 bridgehead atoms. The minimum absolute atomic E-state index is 0.0450. The van der Waals surface area contributed by atoms with Gasteiger partial charge in [-0.2, -0.15) is 5.10 Å². The average Bonchev–Trinajstić information content (AvgIpc) is 3.42. The van der Waals surface area contributed by atoms with Gasteiger partial charge in [0.2, 0.25) is 0 Å². The number of nitro benzene ring substituents is 1. The molecule has 0 saturated carbocycles. The number of thiophene rings is 1. The first-order valence-electron chi connectivity index (χ1n) is 9.18. The number of hydrogen-bond donors (Lipinski definition) is 2. The molecular formula is C19H16ClN7O3S. The molecule has 2 N–H and O–H groups in total. The third-order valence-corrected chi connectivity index (χ3v) is 5.66. The van der Waals surface area contributed by atoms with Crippen LogP contribution >= 0.6 is 22.9 Å². The third kappa shape index (κ3) is 4.62. The van der Waals surface area contributed by atoms with E-state index < -0.39 is 10.8 Å². The smallest absolute Gasteiger partial charge is 0.270 e. The molecule has 0 aliphatic rings. The molecule has 3 heterocycles. The molecule has 31 heavy (non-hydrogen) atoms. The van der Waals surface area contributed by atoms with Gasteiger partial charge in [-0.3, -0.25) is 14.9 Å². The van der Waals surface area contributed by atoms with E-state index in [0.29, 0.717) is 24.6 Å². The second kappa shape index (κ2) is 9.06. The summed E-state index contributed by atoms with van der Waals surface area (Å²) < 4.78 is 1.66. The number of non-ortho nitro benzene ring substituents is 1. The summed E-state index contributed by atoms with van der Waals surface area (Å²) in [7, 11) is 0. The van der Waals surface area contributed by atoms with Crippen LogP contribution in [0.5, 0.6) is 0 Å². The fourth-order valence-electron chi connectivity index (χ4n) is 2.95. The zero-order valence-electron chi connectivity index (χ0n) is 16.0. The van der Waals surface area contributed by atoms with Crippen molar-refractivity contribution in [1.82, 2.24) is 25.1 Å². The van der Waals surface area contributed by atoms with E-state index in [4.69, 9.17) is 11.6 Å². The van der Waals surface area contributed by atoms with Crippen molar-refractivity contribution >= 4 is 51.4 Å². The van der Waals surface area contributed by atoms with Crippen molar-refractivity contribution in [3.8, 4) is 0 Å². The van der Waals surface area contributed by atoms with Crippen molar-refractivity contribution in [2.24, 2.45) is 0 Å². The number of rotatable bonds is 8. The minimum atomic E-state index is -0.577. The molecule has 0 fully saturated rings. The molecule has 158 valence electrons.